The first kappa shape index (κ1) is 18.6. The zero-order chi connectivity index (χ0) is 20.7. The third-order valence-corrected chi connectivity index (χ3v) is 5.48. The van der Waals surface area contributed by atoms with Crippen molar-refractivity contribution in [2.45, 2.75) is 31.8 Å². The first-order valence-electron chi connectivity index (χ1n) is 9.90. The minimum atomic E-state index is -0.918. The summed E-state index contributed by atoms with van der Waals surface area (Å²) in [7, 11) is 0. The third kappa shape index (κ3) is 3.49. The predicted molar refractivity (Wildman–Crippen MR) is 112 cm³/mol. The number of nitrogens with zero attached hydrogens (tertiary/aromatic N) is 5. The van der Waals surface area contributed by atoms with Crippen LogP contribution in [-0.2, 0) is 13.0 Å². The summed E-state index contributed by atoms with van der Waals surface area (Å²) >= 11 is 0. The molecule has 2 aliphatic rings. The highest BCUT2D eigenvalue weighted by atomic mass is 19.2. The lowest BCUT2D eigenvalue weighted by molar-refractivity contribution is 0.510. The monoisotopic (exact) mass is 406 g/mol. The van der Waals surface area contributed by atoms with Gasteiger partial charge in [-0.3, -0.25) is 9.98 Å². The molecule has 0 atom stereocenters. The molecular weight excluding hydrogens is 386 g/mol. The zero-order valence-corrected chi connectivity index (χ0v) is 16.2. The number of fused-ring (bicyclic) bond motifs is 2. The van der Waals surface area contributed by atoms with Crippen LogP contribution in [0.15, 0.2) is 41.9 Å². The summed E-state index contributed by atoms with van der Waals surface area (Å²) < 4.78 is 27.5. The Morgan fingerprint density at radius 2 is 1.97 bits per heavy atom. The quantitative estimate of drug-likeness (QED) is 0.672. The van der Waals surface area contributed by atoms with Crippen LogP contribution in [0.4, 0.5) is 14.6 Å². The first-order chi connectivity index (χ1) is 14.6. The van der Waals surface area contributed by atoms with Crippen molar-refractivity contribution in [1.82, 2.24) is 15.0 Å². The molecule has 2 aromatic heterocycles. The average molecular weight is 406 g/mol. The van der Waals surface area contributed by atoms with Crippen molar-refractivity contribution >= 4 is 28.5 Å². The second kappa shape index (κ2) is 7.44. The largest absolute Gasteiger partial charge is 0.404 e. The van der Waals surface area contributed by atoms with Crippen molar-refractivity contribution in [1.29, 1.82) is 0 Å². The summed E-state index contributed by atoms with van der Waals surface area (Å²) in [5, 5.41) is 0.489. The van der Waals surface area contributed by atoms with E-state index in [2.05, 4.69) is 26.0 Å². The number of pyridine rings is 1. The second-order valence-electron chi connectivity index (χ2n) is 7.61. The predicted octanol–water partition coefficient (Wildman–Crippen LogP) is 3.40. The fraction of sp³-hybridized carbons (Fsp3) is 0.273. The standard InChI is InChI=1S/C22H20F2N6/c23-18-6-17-21(7-19(18)24)28-12-29-22(17)30-4-3-20-14(11-30)5-13(9-27-20)15(8-25)10-26-16-1-2-16/h5-10,12,16H,1-4,11,25H2/b15-8+,26-10?. The maximum absolute atomic E-state index is 13.9. The lowest BCUT2D eigenvalue weighted by Gasteiger charge is -2.30. The summed E-state index contributed by atoms with van der Waals surface area (Å²) in [6, 6.07) is 4.74. The molecule has 0 bridgehead atoms. The molecule has 1 fully saturated rings. The van der Waals surface area contributed by atoms with Gasteiger partial charge in [-0.05, 0) is 30.5 Å². The number of halogens is 2. The molecule has 3 aromatic rings. The van der Waals surface area contributed by atoms with Crippen LogP contribution in [0.1, 0.15) is 29.7 Å². The van der Waals surface area contributed by atoms with Crippen LogP contribution >= 0.6 is 0 Å². The molecule has 1 aromatic carbocycles. The molecule has 3 heterocycles. The van der Waals surface area contributed by atoms with Gasteiger partial charge in [0.2, 0.25) is 0 Å². The molecule has 0 amide bonds. The summed E-state index contributed by atoms with van der Waals surface area (Å²) in [6.07, 6.45) is 9.55. The van der Waals surface area contributed by atoms with Crippen molar-refractivity contribution in [3.63, 3.8) is 0 Å². The first-order valence-corrected chi connectivity index (χ1v) is 9.90. The van der Waals surface area contributed by atoms with E-state index < -0.39 is 11.6 Å². The zero-order valence-electron chi connectivity index (χ0n) is 16.2. The van der Waals surface area contributed by atoms with Gasteiger partial charge in [0.15, 0.2) is 11.6 Å². The molecule has 30 heavy (non-hydrogen) atoms. The fourth-order valence-corrected chi connectivity index (χ4v) is 3.68. The van der Waals surface area contributed by atoms with Gasteiger partial charge in [-0.2, -0.15) is 0 Å². The summed E-state index contributed by atoms with van der Waals surface area (Å²) in [5.74, 6) is -1.24. The van der Waals surface area contributed by atoms with Gasteiger partial charge in [-0.15, -0.1) is 0 Å². The van der Waals surface area contributed by atoms with Crippen LogP contribution in [-0.4, -0.2) is 33.8 Å². The van der Waals surface area contributed by atoms with Crippen molar-refractivity contribution in [3.8, 4) is 0 Å². The normalized spacial score (nSPS) is 17.0. The Labute approximate surface area is 172 Å². The highest BCUT2D eigenvalue weighted by molar-refractivity contribution is 6.09. The Hall–Kier alpha value is -3.42. The Morgan fingerprint density at radius 1 is 1.13 bits per heavy atom. The number of hydrogen-bond acceptors (Lipinski definition) is 6. The van der Waals surface area contributed by atoms with E-state index in [1.807, 2.05) is 17.3 Å². The van der Waals surface area contributed by atoms with Gasteiger partial charge in [-0.1, -0.05) is 0 Å². The highest BCUT2D eigenvalue weighted by Gasteiger charge is 2.22. The van der Waals surface area contributed by atoms with E-state index in [9.17, 15) is 8.78 Å². The Kier molecular flexibility index (Phi) is 4.61. The van der Waals surface area contributed by atoms with Crippen LogP contribution in [0.3, 0.4) is 0 Å². The Bertz CT molecular complexity index is 1190. The molecule has 0 spiro atoms. The smallest absolute Gasteiger partial charge is 0.161 e. The molecular formula is C22H20F2N6. The molecule has 152 valence electrons. The van der Waals surface area contributed by atoms with Crippen LogP contribution in [0.2, 0.25) is 0 Å². The van der Waals surface area contributed by atoms with E-state index in [1.165, 1.54) is 6.33 Å². The number of benzene rings is 1. The summed E-state index contributed by atoms with van der Waals surface area (Å²) in [4.78, 5) is 19.6. The van der Waals surface area contributed by atoms with Gasteiger partial charge in [0, 0.05) is 66.4 Å². The Balaban J connectivity index is 1.47. The molecule has 0 unspecified atom stereocenters. The van der Waals surface area contributed by atoms with E-state index >= 15 is 0 Å². The number of aliphatic imine (C=N–C) groups is 1. The molecule has 2 N–H and O–H groups in total. The number of hydrogen-bond donors (Lipinski definition) is 1. The molecule has 5 rings (SSSR count). The minimum Gasteiger partial charge on any atom is -0.404 e. The number of anilines is 1. The van der Waals surface area contributed by atoms with E-state index in [0.717, 1.165) is 53.8 Å². The molecule has 1 aliphatic carbocycles. The van der Waals surface area contributed by atoms with Crippen LogP contribution < -0.4 is 10.6 Å². The van der Waals surface area contributed by atoms with Gasteiger partial charge in [0.05, 0.1) is 11.6 Å². The second-order valence-corrected chi connectivity index (χ2v) is 7.61. The average Bonchev–Trinajstić information content (AvgIpc) is 3.58. The molecule has 0 saturated heterocycles. The van der Waals surface area contributed by atoms with Crippen molar-refractivity contribution in [2.75, 3.05) is 11.4 Å². The number of rotatable bonds is 4. The van der Waals surface area contributed by atoms with Crippen molar-refractivity contribution in [3.05, 3.63) is 65.4 Å². The van der Waals surface area contributed by atoms with Crippen LogP contribution in [0, 0.1) is 11.6 Å². The number of aromatic nitrogens is 3. The molecule has 6 nitrogen and oxygen atoms in total. The third-order valence-electron chi connectivity index (χ3n) is 5.48. The molecule has 1 aliphatic heterocycles. The van der Waals surface area contributed by atoms with E-state index in [-0.39, 0.29) is 0 Å². The fourth-order valence-electron chi connectivity index (χ4n) is 3.68. The van der Waals surface area contributed by atoms with Gasteiger partial charge in [0.25, 0.3) is 0 Å². The topological polar surface area (TPSA) is 80.3 Å². The van der Waals surface area contributed by atoms with Crippen molar-refractivity contribution < 1.29 is 8.78 Å². The summed E-state index contributed by atoms with van der Waals surface area (Å²) in [5.41, 5.74) is 10.00. The lowest BCUT2D eigenvalue weighted by Crippen LogP contribution is -2.32. The summed E-state index contributed by atoms with van der Waals surface area (Å²) in [6.45, 7) is 1.23. The van der Waals surface area contributed by atoms with E-state index in [0.29, 0.717) is 35.9 Å². The van der Waals surface area contributed by atoms with Crippen LogP contribution in [0.5, 0.6) is 0 Å². The van der Waals surface area contributed by atoms with Crippen LogP contribution in [0.25, 0.3) is 16.5 Å². The van der Waals surface area contributed by atoms with Gasteiger partial charge >= 0.3 is 0 Å². The van der Waals surface area contributed by atoms with Gasteiger partial charge in [-0.25, -0.2) is 18.7 Å². The molecule has 8 heteroatoms. The minimum absolute atomic E-state index is 0.376. The van der Waals surface area contributed by atoms with Gasteiger partial charge < -0.3 is 10.6 Å². The Morgan fingerprint density at radius 3 is 2.77 bits per heavy atom. The van der Waals surface area contributed by atoms with E-state index in [1.54, 1.807) is 6.20 Å². The number of allylic oxidation sites excluding steroid dienone is 1. The highest BCUT2D eigenvalue weighted by Crippen LogP contribution is 2.30. The molecule has 0 radical (unpaired) electrons. The maximum atomic E-state index is 13.9. The SMILES string of the molecule is N/C=C(\C=NC1CC1)c1cnc2c(c1)CN(c1ncnc3cc(F)c(F)cc13)CC2. The van der Waals surface area contributed by atoms with Gasteiger partial charge in [0.1, 0.15) is 12.1 Å². The van der Waals surface area contributed by atoms with Crippen molar-refractivity contribution in [2.24, 2.45) is 10.7 Å². The number of nitrogens with two attached hydrogens (primary N) is 1. The maximum Gasteiger partial charge on any atom is 0.161 e. The van der Waals surface area contributed by atoms with E-state index in [4.69, 9.17) is 5.73 Å². The lowest BCUT2D eigenvalue weighted by atomic mass is 10.0. The molecule has 1 saturated carbocycles.